The predicted octanol–water partition coefficient (Wildman–Crippen LogP) is 3.33. The molecule has 1 atom stereocenters. The first-order chi connectivity index (χ1) is 8.23. The van der Waals surface area contributed by atoms with E-state index in [-0.39, 0.29) is 0 Å². The van der Waals surface area contributed by atoms with Crippen molar-refractivity contribution in [1.82, 2.24) is 10.2 Å². The summed E-state index contributed by atoms with van der Waals surface area (Å²) in [7, 11) is 3.39. The average molecular weight is 330 g/mol. The van der Waals surface area contributed by atoms with Crippen molar-refractivity contribution >= 4 is 52.3 Å². The smallest absolute Gasteiger partial charge is 0.254 e. The number of carbonyl (C=O) groups excluding carboxylic acids is 1. The van der Waals surface area contributed by atoms with E-state index in [4.69, 9.17) is 46.4 Å². The molecule has 0 bridgehead atoms. The van der Waals surface area contributed by atoms with Crippen molar-refractivity contribution in [1.29, 1.82) is 0 Å². The Bertz CT molecular complexity index is 431. The zero-order chi connectivity index (χ0) is 13.9. The predicted molar refractivity (Wildman–Crippen MR) is 76.7 cm³/mol. The summed E-state index contributed by atoms with van der Waals surface area (Å²) in [6.07, 6.45) is -0.758. The minimum atomic E-state index is -1.64. The molecule has 0 aliphatic rings. The van der Waals surface area contributed by atoms with E-state index in [2.05, 4.69) is 5.32 Å². The molecule has 0 aliphatic carbocycles. The number of carbonyl (C=O) groups is 1. The molecular formula is C11H12Cl4N2O. The molecule has 0 saturated carbocycles. The Balaban J connectivity index is 2.90. The van der Waals surface area contributed by atoms with E-state index >= 15 is 0 Å². The fourth-order valence-electron chi connectivity index (χ4n) is 1.35. The van der Waals surface area contributed by atoms with Crippen LogP contribution in [0.5, 0.6) is 0 Å². The second kappa shape index (κ2) is 6.31. The van der Waals surface area contributed by atoms with Gasteiger partial charge in [0.25, 0.3) is 5.91 Å². The van der Waals surface area contributed by atoms with Crippen LogP contribution in [0.15, 0.2) is 24.3 Å². The molecule has 7 heteroatoms. The summed E-state index contributed by atoms with van der Waals surface area (Å²) < 4.78 is -1.64. The molecule has 0 saturated heterocycles. The first-order valence-corrected chi connectivity index (χ1v) is 6.53. The molecule has 1 unspecified atom stereocenters. The van der Waals surface area contributed by atoms with E-state index in [9.17, 15) is 4.79 Å². The van der Waals surface area contributed by atoms with Gasteiger partial charge in [-0.05, 0) is 26.2 Å². The van der Waals surface area contributed by atoms with Crippen molar-refractivity contribution in [2.45, 2.75) is 9.96 Å². The zero-order valence-electron chi connectivity index (χ0n) is 9.75. The molecule has 3 nitrogen and oxygen atoms in total. The van der Waals surface area contributed by atoms with Crippen molar-refractivity contribution in [3.8, 4) is 0 Å². The highest BCUT2D eigenvalue weighted by Gasteiger charge is 2.35. The van der Waals surface area contributed by atoms with Crippen LogP contribution in [-0.4, -0.2) is 34.9 Å². The van der Waals surface area contributed by atoms with Gasteiger partial charge in [0.15, 0.2) is 0 Å². The van der Waals surface area contributed by atoms with Gasteiger partial charge in [-0.15, -0.1) is 0 Å². The third-order valence-electron chi connectivity index (χ3n) is 2.21. The first-order valence-electron chi connectivity index (χ1n) is 5.02. The number of hydrogen-bond donors (Lipinski definition) is 1. The minimum absolute atomic E-state index is 0.334. The lowest BCUT2D eigenvalue weighted by Gasteiger charge is -2.31. The molecule has 1 aromatic carbocycles. The molecule has 0 aliphatic heterocycles. The van der Waals surface area contributed by atoms with Crippen molar-refractivity contribution < 1.29 is 4.79 Å². The second-order valence-electron chi connectivity index (χ2n) is 3.86. The van der Waals surface area contributed by atoms with Gasteiger partial charge in [0.1, 0.15) is 6.17 Å². The molecule has 1 amide bonds. The molecule has 1 aromatic rings. The van der Waals surface area contributed by atoms with Crippen molar-refractivity contribution in [2.75, 3.05) is 14.1 Å². The van der Waals surface area contributed by atoms with Crippen LogP contribution in [0.1, 0.15) is 10.4 Å². The summed E-state index contributed by atoms with van der Waals surface area (Å²) in [6.45, 7) is 0. The third kappa shape index (κ3) is 4.18. The Hall–Kier alpha value is -0.190. The molecule has 0 aromatic heterocycles. The number of nitrogens with one attached hydrogen (secondary N) is 1. The first kappa shape index (κ1) is 15.9. The highest BCUT2D eigenvalue weighted by molar-refractivity contribution is 6.68. The number of benzene rings is 1. The van der Waals surface area contributed by atoms with Gasteiger partial charge in [0, 0.05) is 0 Å². The Labute approximate surface area is 126 Å². The number of hydrogen-bond acceptors (Lipinski definition) is 2. The zero-order valence-corrected chi connectivity index (χ0v) is 12.8. The molecule has 100 valence electrons. The number of alkyl halides is 3. The Morgan fingerprint density at radius 3 is 2.28 bits per heavy atom. The van der Waals surface area contributed by atoms with Gasteiger partial charge in [-0.3, -0.25) is 9.69 Å². The van der Waals surface area contributed by atoms with E-state index in [0.717, 1.165) is 0 Å². The van der Waals surface area contributed by atoms with Gasteiger partial charge >= 0.3 is 0 Å². The monoisotopic (exact) mass is 328 g/mol. The van der Waals surface area contributed by atoms with E-state index in [1.165, 1.54) is 0 Å². The van der Waals surface area contributed by atoms with Crippen LogP contribution in [-0.2, 0) is 0 Å². The average Bonchev–Trinajstić information content (AvgIpc) is 2.24. The summed E-state index contributed by atoms with van der Waals surface area (Å²) in [5, 5.41) is 2.96. The van der Waals surface area contributed by atoms with E-state index in [1.807, 2.05) is 0 Å². The molecular weight excluding hydrogens is 318 g/mol. The van der Waals surface area contributed by atoms with Gasteiger partial charge in [-0.2, -0.15) is 0 Å². The van der Waals surface area contributed by atoms with Crippen LogP contribution < -0.4 is 5.32 Å². The van der Waals surface area contributed by atoms with Crippen molar-refractivity contribution in [3.63, 3.8) is 0 Å². The minimum Gasteiger partial charge on any atom is -0.332 e. The quantitative estimate of drug-likeness (QED) is 0.681. The van der Waals surface area contributed by atoms with E-state index in [1.54, 1.807) is 43.3 Å². The topological polar surface area (TPSA) is 32.3 Å². The lowest BCUT2D eigenvalue weighted by atomic mass is 10.2. The van der Waals surface area contributed by atoms with Crippen LogP contribution in [0.25, 0.3) is 0 Å². The van der Waals surface area contributed by atoms with Crippen LogP contribution in [0.2, 0.25) is 5.02 Å². The summed E-state index contributed by atoms with van der Waals surface area (Å²) in [6, 6.07) is 6.66. The SMILES string of the molecule is CN(C)C(NC(=O)c1ccccc1Cl)C(Cl)(Cl)Cl. The van der Waals surface area contributed by atoms with Crippen molar-refractivity contribution in [2.24, 2.45) is 0 Å². The van der Waals surface area contributed by atoms with Crippen LogP contribution in [0, 0.1) is 0 Å². The van der Waals surface area contributed by atoms with Gasteiger partial charge < -0.3 is 5.32 Å². The van der Waals surface area contributed by atoms with Gasteiger partial charge in [0.05, 0.1) is 10.6 Å². The summed E-state index contributed by atoms with van der Waals surface area (Å²) >= 11 is 23.3. The standard InChI is InChI=1S/C11H12Cl4N2O/c1-17(2)10(11(13,14)15)16-9(18)7-5-3-4-6-8(7)12/h3-6,10H,1-2H3,(H,16,18). The molecule has 1 N–H and O–H groups in total. The fraction of sp³-hybridized carbons (Fsp3) is 0.364. The lowest BCUT2D eigenvalue weighted by molar-refractivity contribution is 0.0892. The molecule has 0 spiro atoms. The molecule has 1 rings (SSSR count). The number of nitrogens with zero attached hydrogens (tertiary/aromatic N) is 1. The molecule has 0 radical (unpaired) electrons. The largest absolute Gasteiger partial charge is 0.332 e. The Morgan fingerprint density at radius 1 is 1.28 bits per heavy atom. The van der Waals surface area contributed by atoms with Gasteiger partial charge in [-0.1, -0.05) is 58.5 Å². The summed E-state index contributed by atoms with van der Waals surface area (Å²) in [5.41, 5.74) is 0.334. The van der Waals surface area contributed by atoms with Crippen LogP contribution >= 0.6 is 46.4 Å². The number of amides is 1. The maximum atomic E-state index is 12.0. The van der Waals surface area contributed by atoms with E-state index < -0.39 is 15.9 Å². The van der Waals surface area contributed by atoms with E-state index in [0.29, 0.717) is 10.6 Å². The molecule has 0 fully saturated rings. The normalized spacial score (nSPS) is 13.5. The fourth-order valence-corrected chi connectivity index (χ4v) is 2.32. The maximum Gasteiger partial charge on any atom is 0.254 e. The van der Waals surface area contributed by atoms with Crippen LogP contribution in [0.3, 0.4) is 0 Å². The second-order valence-corrected chi connectivity index (χ2v) is 6.64. The number of rotatable bonds is 3. The maximum absolute atomic E-state index is 12.0. The summed E-state index contributed by atoms with van der Waals surface area (Å²) in [5.74, 6) is -0.398. The Morgan fingerprint density at radius 2 is 1.83 bits per heavy atom. The third-order valence-corrected chi connectivity index (χ3v) is 3.16. The Kier molecular flexibility index (Phi) is 5.56. The van der Waals surface area contributed by atoms with Gasteiger partial charge in [-0.25, -0.2) is 0 Å². The molecule has 18 heavy (non-hydrogen) atoms. The highest BCUT2D eigenvalue weighted by atomic mass is 35.6. The molecule has 0 heterocycles. The number of halogens is 4. The highest BCUT2D eigenvalue weighted by Crippen LogP contribution is 2.31. The van der Waals surface area contributed by atoms with Gasteiger partial charge in [0.2, 0.25) is 3.79 Å². The lowest BCUT2D eigenvalue weighted by Crippen LogP contribution is -2.52. The van der Waals surface area contributed by atoms with Crippen molar-refractivity contribution in [3.05, 3.63) is 34.9 Å². The summed E-state index contributed by atoms with van der Waals surface area (Å²) in [4.78, 5) is 13.6. The van der Waals surface area contributed by atoms with Crippen LogP contribution in [0.4, 0.5) is 0 Å².